The fourth-order valence-corrected chi connectivity index (χ4v) is 2.74. The molecule has 0 bridgehead atoms. The van der Waals surface area contributed by atoms with E-state index in [2.05, 4.69) is 15.6 Å². The molecule has 0 radical (unpaired) electrons. The van der Waals surface area contributed by atoms with Crippen LogP contribution >= 0.6 is 0 Å². The number of carbonyl (C=O) groups excluding carboxylic acids is 2. The monoisotopic (exact) mass is 368 g/mol. The molecule has 0 saturated carbocycles. The number of hydrogen-bond acceptors (Lipinski definition) is 6. The van der Waals surface area contributed by atoms with E-state index in [1.165, 1.54) is 7.11 Å². The van der Waals surface area contributed by atoms with Gasteiger partial charge in [0.15, 0.2) is 6.61 Å². The maximum Gasteiger partial charge on any atom is 0.337 e. The molecule has 0 unspecified atom stereocenters. The molecule has 27 heavy (non-hydrogen) atoms. The van der Waals surface area contributed by atoms with Crippen LogP contribution in [-0.4, -0.2) is 40.8 Å². The van der Waals surface area contributed by atoms with Crippen molar-refractivity contribution in [1.29, 1.82) is 0 Å². The first-order valence-electron chi connectivity index (χ1n) is 8.49. The number of rotatable bonds is 6. The fourth-order valence-electron chi connectivity index (χ4n) is 2.74. The number of benzene rings is 2. The van der Waals surface area contributed by atoms with Crippen molar-refractivity contribution in [2.45, 2.75) is 20.3 Å². The largest absolute Gasteiger partial charge is 0.465 e. The van der Waals surface area contributed by atoms with Crippen LogP contribution in [0.4, 0.5) is 5.69 Å². The summed E-state index contributed by atoms with van der Waals surface area (Å²) in [5, 5.41) is 10.7. The number of ether oxygens (including phenoxy) is 1. The minimum atomic E-state index is -0.478. The highest BCUT2D eigenvalue weighted by Crippen LogP contribution is 2.21. The molecule has 1 N–H and O–H groups in total. The van der Waals surface area contributed by atoms with E-state index in [0.29, 0.717) is 16.6 Å². The van der Waals surface area contributed by atoms with Crippen LogP contribution in [0.3, 0.4) is 0 Å². The number of amides is 1. The summed E-state index contributed by atoms with van der Waals surface area (Å²) in [4.78, 5) is 30.6. The molecule has 2 aromatic carbocycles. The van der Waals surface area contributed by atoms with Crippen molar-refractivity contribution in [2.75, 3.05) is 19.0 Å². The molecule has 0 atom stereocenters. The summed E-state index contributed by atoms with van der Waals surface area (Å²) >= 11 is 0. The van der Waals surface area contributed by atoms with E-state index in [0.717, 1.165) is 28.1 Å². The van der Waals surface area contributed by atoms with Gasteiger partial charge >= 0.3 is 5.97 Å². The molecule has 0 spiro atoms. The van der Waals surface area contributed by atoms with E-state index < -0.39 is 5.97 Å². The first-order valence-corrected chi connectivity index (χ1v) is 8.49. The lowest BCUT2D eigenvalue weighted by atomic mass is 10.1. The number of nitrogens with zero attached hydrogens (tertiary/aromatic N) is 3. The van der Waals surface area contributed by atoms with E-state index in [4.69, 9.17) is 9.57 Å². The highest BCUT2D eigenvalue weighted by atomic mass is 16.7. The van der Waals surface area contributed by atoms with Gasteiger partial charge in [0.05, 0.1) is 12.7 Å². The summed E-state index contributed by atoms with van der Waals surface area (Å²) in [7, 11) is 1.30. The summed E-state index contributed by atoms with van der Waals surface area (Å²) in [6.07, 6.45) is 0.808. The zero-order chi connectivity index (χ0) is 19.4. The van der Waals surface area contributed by atoms with Crippen LogP contribution < -0.4 is 10.2 Å². The van der Waals surface area contributed by atoms with Gasteiger partial charge in [-0.15, -0.1) is 5.10 Å². The van der Waals surface area contributed by atoms with Gasteiger partial charge in [-0.2, -0.15) is 0 Å². The predicted octanol–water partition coefficient (Wildman–Crippen LogP) is 2.16. The average Bonchev–Trinajstić information content (AvgIpc) is 3.09. The Morgan fingerprint density at radius 2 is 2.04 bits per heavy atom. The Morgan fingerprint density at radius 1 is 1.22 bits per heavy atom. The number of methoxy groups -OCH3 is 1. The normalized spacial score (nSPS) is 10.6. The quantitative estimate of drug-likeness (QED) is 0.670. The van der Waals surface area contributed by atoms with Crippen LogP contribution in [0.25, 0.3) is 11.0 Å². The van der Waals surface area contributed by atoms with Gasteiger partial charge in [-0.05, 0) is 47.9 Å². The highest BCUT2D eigenvalue weighted by molar-refractivity contribution is 5.94. The Labute approximate surface area is 156 Å². The van der Waals surface area contributed by atoms with Crippen molar-refractivity contribution < 1.29 is 19.2 Å². The minimum Gasteiger partial charge on any atom is -0.465 e. The van der Waals surface area contributed by atoms with Gasteiger partial charge in [-0.3, -0.25) is 4.79 Å². The second-order valence-corrected chi connectivity index (χ2v) is 5.94. The van der Waals surface area contributed by atoms with Crippen molar-refractivity contribution in [1.82, 2.24) is 15.2 Å². The third-order valence-electron chi connectivity index (χ3n) is 4.16. The van der Waals surface area contributed by atoms with Crippen LogP contribution in [0, 0.1) is 6.92 Å². The van der Waals surface area contributed by atoms with Gasteiger partial charge in [-0.1, -0.05) is 30.0 Å². The van der Waals surface area contributed by atoms with Gasteiger partial charge in [0.1, 0.15) is 11.0 Å². The van der Waals surface area contributed by atoms with Gasteiger partial charge in [0, 0.05) is 5.69 Å². The number of esters is 1. The Bertz CT molecular complexity index is 997. The molecule has 0 aliphatic heterocycles. The summed E-state index contributed by atoms with van der Waals surface area (Å²) in [5.74, 6) is -0.791. The van der Waals surface area contributed by atoms with Crippen molar-refractivity contribution in [2.24, 2.45) is 0 Å². The molecule has 0 saturated heterocycles. The SMILES string of the molecule is CCc1cccc(C)c1NC(=O)COn1nnc2ccc(C(=O)OC)cc21. The number of hydrogen-bond donors (Lipinski definition) is 1. The van der Waals surface area contributed by atoms with Crippen molar-refractivity contribution in [3.05, 3.63) is 53.1 Å². The van der Waals surface area contributed by atoms with E-state index in [1.807, 2.05) is 32.0 Å². The Hall–Kier alpha value is -3.42. The molecule has 0 aliphatic rings. The van der Waals surface area contributed by atoms with Crippen LogP contribution in [0.5, 0.6) is 0 Å². The Morgan fingerprint density at radius 3 is 2.78 bits per heavy atom. The number of fused-ring (bicyclic) bond motifs is 1. The first-order chi connectivity index (χ1) is 13.0. The third-order valence-corrected chi connectivity index (χ3v) is 4.16. The van der Waals surface area contributed by atoms with E-state index in [1.54, 1.807) is 18.2 Å². The van der Waals surface area contributed by atoms with Crippen LogP contribution in [-0.2, 0) is 16.0 Å². The second-order valence-electron chi connectivity index (χ2n) is 5.94. The molecular formula is C19H20N4O4. The van der Waals surface area contributed by atoms with E-state index >= 15 is 0 Å². The molecule has 140 valence electrons. The smallest absolute Gasteiger partial charge is 0.337 e. The lowest BCUT2D eigenvalue weighted by Gasteiger charge is -2.13. The van der Waals surface area contributed by atoms with Crippen molar-refractivity contribution >= 4 is 28.6 Å². The Kier molecular flexibility index (Phi) is 5.35. The van der Waals surface area contributed by atoms with Crippen LogP contribution in [0.1, 0.15) is 28.4 Å². The van der Waals surface area contributed by atoms with E-state index in [-0.39, 0.29) is 12.5 Å². The third kappa shape index (κ3) is 3.89. The number of nitrogens with one attached hydrogen (secondary N) is 1. The molecule has 8 nitrogen and oxygen atoms in total. The topological polar surface area (TPSA) is 95.3 Å². The maximum atomic E-state index is 12.3. The number of para-hydroxylation sites is 1. The maximum absolute atomic E-state index is 12.3. The predicted molar refractivity (Wildman–Crippen MR) is 99.5 cm³/mol. The van der Waals surface area contributed by atoms with Gasteiger partial charge in [-0.25, -0.2) is 4.79 Å². The molecule has 0 aliphatic carbocycles. The molecular weight excluding hydrogens is 348 g/mol. The van der Waals surface area contributed by atoms with Crippen molar-refractivity contribution in [3.8, 4) is 0 Å². The van der Waals surface area contributed by atoms with Crippen molar-refractivity contribution in [3.63, 3.8) is 0 Å². The lowest BCUT2D eigenvalue weighted by molar-refractivity contribution is -0.121. The summed E-state index contributed by atoms with van der Waals surface area (Å²) in [5.41, 5.74) is 4.18. The average molecular weight is 368 g/mol. The number of aryl methyl sites for hydroxylation is 2. The molecule has 3 aromatic rings. The lowest BCUT2D eigenvalue weighted by Crippen LogP contribution is -2.26. The fraction of sp³-hybridized carbons (Fsp3) is 0.263. The molecule has 0 fully saturated rings. The zero-order valence-electron chi connectivity index (χ0n) is 15.4. The van der Waals surface area contributed by atoms with Crippen LogP contribution in [0.15, 0.2) is 36.4 Å². The number of anilines is 1. The number of aromatic nitrogens is 3. The van der Waals surface area contributed by atoms with Gasteiger partial charge in [0.25, 0.3) is 5.91 Å². The summed E-state index contributed by atoms with van der Waals surface area (Å²) in [6, 6.07) is 10.6. The molecule has 8 heteroatoms. The molecule has 1 amide bonds. The zero-order valence-corrected chi connectivity index (χ0v) is 15.4. The van der Waals surface area contributed by atoms with Crippen LogP contribution in [0.2, 0.25) is 0 Å². The Balaban J connectivity index is 1.73. The summed E-state index contributed by atoms with van der Waals surface area (Å²) < 4.78 is 4.71. The first kappa shape index (κ1) is 18.4. The molecule has 3 rings (SSSR count). The minimum absolute atomic E-state index is 0.252. The second kappa shape index (κ2) is 7.86. The summed E-state index contributed by atoms with van der Waals surface area (Å²) in [6.45, 7) is 3.72. The number of carbonyl (C=O) groups is 2. The van der Waals surface area contributed by atoms with Gasteiger partial charge < -0.3 is 14.9 Å². The highest BCUT2D eigenvalue weighted by Gasteiger charge is 2.13. The van der Waals surface area contributed by atoms with Gasteiger partial charge in [0.2, 0.25) is 0 Å². The standard InChI is InChI=1S/C19H20N4O4/c1-4-13-7-5-6-12(2)18(13)20-17(24)11-27-23-16-10-14(19(25)26-3)8-9-15(16)21-22-23/h5-10H,4,11H2,1-3H3,(H,20,24). The van der Waals surface area contributed by atoms with E-state index in [9.17, 15) is 9.59 Å². The molecule has 1 aromatic heterocycles. The molecule has 1 heterocycles.